The molecule has 1 aromatic heterocycles. The Morgan fingerprint density at radius 3 is 2.41 bits per heavy atom. The third kappa shape index (κ3) is 3.62. The monoisotopic (exact) mass is 332 g/mol. The van der Waals surface area contributed by atoms with Gasteiger partial charge in [0.05, 0.1) is 4.90 Å². The number of hydrogen-bond donors (Lipinski definition) is 1. The summed E-state index contributed by atoms with van der Waals surface area (Å²) in [5.74, 6) is -4.41. The van der Waals surface area contributed by atoms with E-state index in [0.717, 1.165) is 18.2 Å². The molecule has 0 bridgehead atoms. The van der Waals surface area contributed by atoms with E-state index < -0.39 is 34.5 Å². The van der Waals surface area contributed by atoms with Crippen molar-refractivity contribution in [2.45, 2.75) is 10.9 Å². The van der Waals surface area contributed by atoms with Crippen molar-refractivity contribution in [3.05, 3.63) is 60.2 Å². The molecule has 118 valence electrons. The van der Waals surface area contributed by atoms with Gasteiger partial charge in [0.15, 0.2) is 6.86 Å². The first-order valence-electron chi connectivity index (χ1n) is 5.98. The molecule has 2 rings (SSSR count). The van der Waals surface area contributed by atoms with E-state index in [4.69, 9.17) is 0 Å². The summed E-state index contributed by atoms with van der Waals surface area (Å²) in [6, 6.07) is 9.79. The van der Waals surface area contributed by atoms with Crippen molar-refractivity contribution < 1.29 is 26.3 Å². The van der Waals surface area contributed by atoms with Crippen molar-refractivity contribution in [1.82, 2.24) is 9.71 Å². The average Bonchev–Trinajstić information content (AvgIpc) is 2.48. The van der Waals surface area contributed by atoms with Gasteiger partial charge in [-0.15, -0.1) is 4.72 Å². The molecule has 0 saturated carbocycles. The van der Waals surface area contributed by atoms with Crippen LogP contribution < -0.4 is 4.72 Å². The lowest BCUT2D eigenvalue weighted by Gasteiger charge is -2.24. The molecule has 0 spiro atoms. The van der Waals surface area contributed by atoms with E-state index in [0.29, 0.717) is 0 Å². The summed E-state index contributed by atoms with van der Waals surface area (Å²) >= 11 is 0. The predicted octanol–water partition coefficient (Wildman–Crippen LogP) is 2.22. The normalized spacial score (nSPS) is 14.5. The second-order valence-electron chi connectivity index (χ2n) is 4.11. The lowest BCUT2D eigenvalue weighted by Crippen LogP contribution is -2.45. The van der Waals surface area contributed by atoms with Gasteiger partial charge >= 0.3 is 5.98 Å². The van der Waals surface area contributed by atoms with Crippen LogP contribution in [0.5, 0.6) is 0 Å². The Hall–Kier alpha value is -1.97. The topological polar surface area (TPSA) is 68.3 Å². The molecule has 0 aliphatic rings. The maximum atomic E-state index is 14.7. The van der Waals surface area contributed by atoms with Gasteiger partial charge in [0, 0.05) is 0 Å². The first-order valence-corrected chi connectivity index (χ1v) is 7.46. The highest BCUT2D eigenvalue weighted by atomic mass is 32.2. The number of rotatable bonds is 6. The smallest absolute Gasteiger partial charge is 0.296 e. The Morgan fingerprint density at radius 2 is 1.82 bits per heavy atom. The summed E-state index contributed by atoms with van der Waals surface area (Å²) in [6.07, 6.45) is 0. The maximum Gasteiger partial charge on any atom is 0.326 e. The molecular formula is C13H11F3N2O3S. The molecule has 1 unspecified atom stereocenters. The number of nitrogens with zero attached hydrogens (tertiary/aromatic N) is 1. The number of halogens is 3. The van der Waals surface area contributed by atoms with Crippen LogP contribution >= 0.6 is 0 Å². The van der Waals surface area contributed by atoms with Crippen LogP contribution in [0.4, 0.5) is 13.2 Å². The number of aromatic nitrogens is 1. The van der Waals surface area contributed by atoms with E-state index in [1.165, 1.54) is 24.3 Å². The number of alkyl halides is 2. The van der Waals surface area contributed by atoms with Gasteiger partial charge in [0.2, 0.25) is 16.0 Å². The second-order valence-corrected chi connectivity index (χ2v) is 5.80. The van der Waals surface area contributed by atoms with Gasteiger partial charge in [-0.05, 0) is 24.3 Å². The molecule has 0 amide bonds. The number of nitrogens with one attached hydrogen (secondary N) is 1. The fraction of sp³-hybridized carbons (Fsp3) is 0.154. The van der Waals surface area contributed by atoms with Crippen molar-refractivity contribution in [3.8, 4) is 0 Å². The van der Waals surface area contributed by atoms with Crippen molar-refractivity contribution in [2.75, 3.05) is 6.86 Å². The fourth-order valence-corrected chi connectivity index (χ4v) is 2.79. The summed E-state index contributed by atoms with van der Waals surface area (Å²) in [6.45, 7) is -1.65. The molecule has 0 aliphatic carbocycles. The summed E-state index contributed by atoms with van der Waals surface area (Å²) in [5.41, 5.74) is -0.760. The largest absolute Gasteiger partial charge is 0.326 e. The van der Waals surface area contributed by atoms with Crippen LogP contribution in [0.15, 0.2) is 53.4 Å². The fourth-order valence-electron chi connectivity index (χ4n) is 1.65. The molecule has 1 N–H and O–H groups in total. The summed E-state index contributed by atoms with van der Waals surface area (Å²) < 4.78 is 70.2. The highest BCUT2D eigenvalue weighted by Crippen LogP contribution is 2.26. The maximum absolute atomic E-state index is 14.7. The minimum atomic E-state index is -4.38. The van der Waals surface area contributed by atoms with Crippen LogP contribution in [0.25, 0.3) is 0 Å². The van der Waals surface area contributed by atoms with Gasteiger partial charge in [0.25, 0.3) is 0 Å². The zero-order valence-electron chi connectivity index (χ0n) is 11.0. The number of sulfonamides is 1. The molecule has 0 saturated heterocycles. The van der Waals surface area contributed by atoms with Gasteiger partial charge in [-0.2, -0.15) is 8.78 Å². The lowest BCUT2D eigenvalue weighted by atomic mass is 10.3. The van der Waals surface area contributed by atoms with Crippen LogP contribution in [0, 0.1) is 5.95 Å². The first kappa shape index (κ1) is 16.4. The van der Waals surface area contributed by atoms with Gasteiger partial charge in [-0.1, -0.05) is 24.3 Å². The second kappa shape index (κ2) is 6.42. The van der Waals surface area contributed by atoms with Crippen molar-refractivity contribution in [2.24, 2.45) is 0 Å². The van der Waals surface area contributed by atoms with E-state index in [2.05, 4.69) is 9.72 Å². The van der Waals surface area contributed by atoms with Crippen LogP contribution in [-0.2, 0) is 20.7 Å². The molecule has 1 heterocycles. The van der Waals surface area contributed by atoms with Crippen molar-refractivity contribution >= 4 is 10.0 Å². The SMILES string of the molecule is O=S(=O)(NC(F)(OCF)c1cccc(F)n1)c1ccccc1. The zero-order valence-corrected chi connectivity index (χ0v) is 11.9. The first-order chi connectivity index (χ1) is 10.4. The van der Waals surface area contributed by atoms with Gasteiger partial charge in [-0.3, -0.25) is 4.74 Å². The van der Waals surface area contributed by atoms with E-state index >= 15 is 0 Å². The molecule has 2 aromatic rings. The molecule has 1 aromatic carbocycles. The third-order valence-electron chi connectivity index (χ3n) is 2.62. The van der Waals surface area contributed by atoms with E-state index in [1.807, 2.05) is 0 Å². The van der Waals surface area contributed by atoms with Gasteiger partial charge < -0.3 is 0 Å². The quantitative estimate of drug-likeness (QED) is 0.500. The third-order valence-corrected chi connectivity index (χ3v) is 4.04. The van der Waals surface area contributed by atoms with Crippen LogP contribution in [0.2, 0.25) is 0 Å². The average molecular weight is 332 g/mol. The summed E-state index contributed by atoms with van der Waals surface area (Å²) in [7, 11) is -4.38. The van der Waals surface area contributed by atoms with Crippen molar-refractivity contribution in [3.63, 3.8) is 0 Å². The molecule has 22 heavy (non-hydrogen) atoms. The van der Waals surface area contributed by atoms with E-state index in [9.17, 15) is 21.6 Å². The molecule has 1 atom stereocenters. The van der Waals surface area contributed by atoms with Crippen LogP contribution in [0.1, 0.15) is 5.69 Å². The minimum Gasteiger partial charge on any atom is -0.296 e. The highest BCUT2D eigenvalue weighted by molar-refractivity contribution is 7.89. The zero-order chi connectivity index (χ0) is 16.2. The summed E-state index contributed by atoms with van der Waals surface area (Å²) in [4.78, 5) is 2.91. The minimum absolute atomic E-state index is 0.268. The summed E-state index contributed by atoms with van der Waals surface area (Å²) in [5, 5.41) is 0. The number of pyridine rings is 1. The Balaban J connectivity index is 2.40. The van der Waals surface area contributed by atoms with Crippen LogP contribution in [-0.4, -0.2) is 20.3 Å². The molecule has 9 heteroatoms. The Kier molecular flexibility index (Phi) is 4.79. The van der Waals surface area contributed by atoms with E-state index in [1.54, 1.807) is 10.8 Å². The standard InChI is InChI=1S/C13H11F3N2O3S/c14-9-21-13(16,11-7-4-8-12(15)17-11)18-22(19,20)10-5-2-1-3-6-10/h1-8,18H,9H2. The molecule has 0 radical (unpaired) electrons. The number of ether oxygens (including phenoxy) is 1. The molecule has 0 aliphatic heterocycles. The highest BCUT2D eigenvalue weighted by Gasteiger charge is 2.40. The lowest BCUT2D eigenvalue weighted by molar-refractivity contribution is -0.189. The number of hydrogen-bond acceptors (Lipinski definition) is 4. The van der Waals surface area contributed by atoms with Gasteiger partial charge in [-0.25, -0.2) is 17.8 Å². The Labute approximate surface area is 124 Å². The Bertz CT molecular complexity index is 743. The molecule has 5 nitrogen and oxygen atoms in total. The van der Waals surface area contributed by atoms with Gasteiger partial charge in [0.1, 0.15) is 5.69 Å². The van der Waals surface area contributed by atoms with Crippen LogP contribution in [0.3, 0.4) is 0 Å². The van der Waals surface area contributed by atoms with E-state index in [-0.39, 0.29) is 4.90 Å². The predicted molar refractivity (Wildman–Crippen MR) is 70.8 cm³/mol. The molecular weight excluding hydrogens is 321 g/mol. The molecule has 0 fully saturated rings. The Morgan fingerprint density at radius 1 is 1.14 bits per heavy atom. The van der Waals surface area contributed by atoms with Crippen molar-refractivity contribution in [1.29, 1.82) is 0 Å². The number of benzene rings is 1.